The summed E-state index contributed by atoms with van der Waals surface area (Å²) >= 11 is 4.68. The van der Waals surface area contributed by atoms with E-state index in [1.165, 1.54) is 12.3 Å². The van der Waals surface area contributed by atoms with Gasteiger partial charge in [0.15, 0.2) is 0 Å². The highest BCUT2D eigenvalue weighted by Crippen LogP contribution is 1.78. The van der Waals surface area contributed by atoms with E-state index >= 15 is 0 Å². The number of hydrogen-bond donors (Lipinski definition) is 2. The molecule has 70 valence electrons. The van der Waals surface area contributed by atoms with Gasteiger partial charge in [-0.25, -0.2) is 4.79 Å². The zero-order valence-electron chi connectivity index (χ0n) is 6.39. The second-order valence-corrected chi connectivity index (χ2v) is 2.47. The molecule has 0 aliphatic rings. The standard InChI is InChI=1S/C6H6N2O4S/c9-4-1-2-7-6(13)8(4)12-3-5(10)11/h1-2H,3H2,(H,7,13)(H,10,11). The Labute approximate surface area is 77.4 Å². The first-order valence-corrected chi connectivity index (χ1v) is 3.68. The third kappa shape index (κ3) is 2.41. The summed E-state index contributed by atoms with van der Waals surface area (Å²) in [6.45, 7) is -0.610. The van der Waals surface area contributed by atoms with E-state index in [0.29, 0.717) is 4.73 Å². The van der Waals surface area contributed by atoms with E-state index < -0.39 is 18.1 Å². The monoisotopic (exact) mass is 202 g/mol. The van der Waals surface area contributed by atoms with E-state index in [1.54, 1.807) is 0 Å². The van der Waals surface area contributed by atoms with Gasteiger partial charge in [-0.1, -0.05) is 0 Å². The summed E-state index contributed by atoms with van der Waals surface area (Å²) < 4.78 is 0.734. The van der Waals surface area contributed by atoms with Crippen LogP contribution in [0.3, 0.4) is 0 Å². The van der Waals surface area contributed by atoms with Crippen LogP contribution in [0.25, 0.3) is 0 Å². The van der Waals surface area contributed by atoms with Crippen LogP contribution in [0.4, 0.5) is 0 Å². The minimum Gasteiger partial charge on any atom is -0.479 e. The normalized spacial score (nSPS) is 9.54. The number of nitrogens with zero attached hydrogens (tertiary/aromatic N) is 1. The van der Waals surface area contributed by atoms with Crippen molar-refractivity contribution in [1.82, 2.24) is 9.71 Å². The average Bonchev–Trinajstić information content (AvgIpc) is 2.03. The van der Waals surface area contributed by atoms with Crippen LogP contribution in [0.1, 0.15) is 0 Å². The van der Waals surface area contributed by atoms with Crippen molar-refractivity contribution in [2.24, 2.45) is 0 Å². The van der Waals surface area contributed by atoms with Gasteiger partial charge in [-0.3, -0.25) is 4.79 Å². The molecule has 0 saturated heterocycles. The maximum atomic E-state index is 11.0. The fraction of sp³-hybridized carbons (Fsp3) is 0.167. The first-order valence-electron chi connectivity index (χ1n) is 3.27. The Morgan fingerprint density at radius 1 is 1.77 bits per heavy atom. The van der Waals surface area contributed by atoms with Gasteiger partial charge in [0, 0.05) is 12.3 Å². The van der Waals surface area contributed by atoms with Gasteiger partial charge in [0.25, 0.3) is 5.56 Å². The minimum absolute atomic E-state index is 0.0220. The number of carboxylic acids is 1. The van der Waals surface area contributed by atoms with Crippen molar-refractivity contribution in [3.63, 3.8) is 0 Å². The number of carbonyl (C=O) groups is 1. The summed E-state index contributed by atoms with van der Waals surface area (Å²) in [4.78, 5) is 28.2. The molecule has 7 heteroatoms. The number of carboxylic acid groups (broad SMARTS) is 1. The molecule has 6 nitrogen and oxygen atoms in total. The number of aromatic nitrogens is 2. The van der Waals surface area contributed by atoms with Gasteiger partial charge in [0.05, 0.1) is 0 Å². The molecule has 1 rings (SSSR count). The van der Waals surface area contributed by atoms with Gasteiger partial charge in [0.2, 0.25) is 11.4 Å². The minimum atomic E-state index is -1.18. The summed E-state index contributed by atoms with van der Waals surface area (Å²) in [5.74, 6) is -1.18. The van der Waals surface area contributed by atoms with Crippen LogP contribution in [0.5, 0.6) is 0 Å². The second-order valence-electron chi connectivity index (χ2n) is 2.08. The third-order valence-corrected chi connectivity index (χ3v) is 1.42. The molecular formula is C6H6N2O4S. The number of H-pyrrole nitrogens is 1. The molecule has 0 radical (unpaired) electrons. The van der Waals surface area contributed by atoms with Crippen LogP contribution in [0.2, 0.25) is 0 Å². The van der Waals surface area contributed by atoms with Crippen molar-refractivity contribution in [3.8, 4) is 0 Å². The van der Waals surface area contributed by atoms with Crippen molar-refractivity contribution >= 4 is 18.2 Å². The molecule has 0 fully saturated rings. The van der Waals surface area contributed by atoms with E-state index in [2.05, 4.69) is 22.0 Å². The molecule has 0 amide bonds. The van der Waals surface area contributed by atoms with Crippen molar-refractivity contribution in [3.05, 3.63) is 27.4 Å². The Morgan fingerprint density at radius 2 is 2.46 bits per heavy atom. The lowest BCUT2D eigenvalue weighted by Crippen LogP contribution is -2.30. The van der Waals surface area contributed by atoms with E-state index in [-0.39, 0.29) is 4.77 Å². The van der Waals surface area contributed by atoms with Crippen molar-refractivity contribution < 1.29 is 14.7 Å². The maximum Gasteiger partial charge on any atom is 0.344 e. The van der Waals surface area contributed by atoms with E-state index in [9.17, 15) is 9.59 Å². The third-order valence-electron chi connectivity index (χ3n) is 1.13. The topological polar surface area (TPSA) is 84.3 Å². The Balaban J connectivity index is 2.94. The average molecular weight is 202 g/mol. The highest BCUT2D eigenvalue weighted by Gasteiger charge is 2.01. The van der Waals surface area contributed by atoms with Crippen LogP contribution in [-0.2, 0) is 4.79 Å². The molecule has 0 spiro atoms. The lowest BCUT2D eigenvalue weighted by atomic mass is 10.7. The molecule has 0 aliphatic heterocycles. The molecule has 2 N–H and O–H groups in total. The zero-order valence-corrected chi connectivity index (χ0v) is 7.21. The molecular weight excluding hydrogens is 196 g/mol. The highest BCUT2D eigenvalue weighted by atomic mass is 32.1. The highest BCUT2D eigenvalue weighted by molar-refractivity contribution is 7.71. The van der Waals surface area contributed by atoms with Gasteiger partial charge in [-0.2, -0.15) is 0 Å². The second kappa shape index (κ2) is 3.85. The Bertz CT molecular complexity index is 393. The number of rotatable bonds is 3. The SMILES string of the molecule is O=C(O)COn1c(=O)cc[nH]c1=S. The molecule has 0 aromatic carbocycles. The van der Waals surface area contributed by atoms with Crippen LogP contribution in [0, 0.1) is 4.77 Å². The molecule has 0 aliphatic carbocycles. The first kappa shape index (κ1) is 9.46. The maximum absolute atomic E-state index is 11.0. The quantitative estimate of drug-likeness (QED) is 0.640. The molecule has 0 saturated carbocycles. The molecule has 1 aromatic heterocycles. The Hall–Kier alpha value is -1.63. The van der Waals surface area contributed by atoms with Gasteiger partial charge in [0.1, 0.15) is 0 Å². The largest absolute Gasteiger partial charge is 0.479 e. The molecule has 0 atom stereocenters. The van der Waals surface area contributed by atoms with Gasteiger partial charge < -0.3 is 14.9 Å². The van der Waals surface area contributed by atoms with Crippen molar-refractivity contribution in [2.45, 2.75) is 0 Å². The molecule has 1 heterocycles. The summed E-state index contributed by atoms with van der Waals surface area (Å²) in [6, 6.07) is 1.18. The summed E-state index contributed by atoms with van der Waals surface area (Å²) in [7, 11) is 0. The molecule has 0 unspecified atom stereocenters. The summed E-state index contributed by atoms with van der Waals surface area (Å²) in [5, 5.41) is 8.27. The lowest BCUT2D eigenvalue weighted by Gasteiger charge is -2.03. The molecule has 13 heavy (non-hydrogen) atoms. The fourth-order valence-electron chi connectivity index (χ4n) is 0.653. The van der Waals surface area contributed by atoms with Crippen LogP contribution in [-0.4, -0.2) is 27.4 Å². The predicted octanol–water partition coefficient (Wildman–Crippen LogP) is -0.581. The lowest BCUT2D eigenvalue weighted by molar-refractivity contribution is -0.142. The number of aromatic amines is 1. The summed E-state index contributed by atoms with van der Waals surface area (Å²) in [6.07, 6.45) is 1.35. The summed E-state index contributed by atoms with van der Waals surface area (Å²) in [5.41, 5.74) is -0.509. The first-order chi connectivity index (χ1) is 6.11. The molecule has 0 bridgehead atoms. The van der Waals surface area contributed by atoms with E-state index in [4.69, 9.17) is 5.11 Å². The van der Waals surface area contributed by atoms with Crippen LogP contribution in [0.15, 0.2) is 17.1 Å². The van der Waals surface area contributed by atoms with Crippen molar-refractivity contribution in [2.75, 3.05) is 6.61 Å². The van der Waals surface area contributed by atoms with Gasteiger partial charge >= 0.3 is 5.97 Å². The van der Waals surface area contributed by atoms with Crippen LogP contribution >= 0.6 is 12.2 Å². The Morgan fingerprint density at radius 3 is 3.00 bits per heavy atom. The molecule has 1 aromatic rings. The van der Waals surface area contributed by atoms with Crippen LogP contribution < -0.4 is 10.4 Å². The van der Waals surface area contributed by atoms with Gasteiger partial charge in [-0.05, 0) is 12.2 Å². The number of hydrogen-bond acceptors (Lipinski definition) is 4. The fourth-order valence-corrected chi connectivity index (χ4v) is 0.863. The Kier molecular flexibility index (Phi) is 2.80. The van der Waals surface area contributed by atoms with Crippen molar-refractivity contribution in [1.29, 1.82) is 0 Å². The van der Waals surface area contributed by atoms with E-state index in [0.717, 1.165) is 0 Å². The smallest absolute Gasteiger partial charge is 0.344 e. The van der Waals surface area contributed by atoms with E-state index in [1.807, 2.05) is 0 Å². The number of aliphatic carboxylic acids is 1. The van der Waals surface area contributed by atoms with Gasteiger partial charge in [-0.15, -0.1) is 4.73 Å². The zero-order chi connectivity index (χ0) is 9.84. The number of nitrogens with one attached hydrogen (secondary N) is 1. The predicted molar refractivity (Wildman–Crippen MR) is 45.0 cm³/mol.